The summed E-state index contributed by atoms with van der Waals surface area (Å²) in [6.07, 6.45) is 4.14. The van der Waals surface area contributed by atoms with Crippen LogP contribution in [0, 0.1) is 0 Å². The summed E-state index contributed by atoms with van der Waals surface area (Å²) in [5.74, 6) is 0.788. The van der Waals surface area contributed by atoms with Gasteiger partial charge in [0, 0.05) is 17.6 Å². The van der Waals surface area contributed by atoms with Crippen molar-refractivity contribution < 1.29 is 4.74 Å². The van der Waals surface area contributed by atoms with Gasteiger partial charge in [0.15, 0.2) is 0 Å². The van der Waals surface area contributed by atoms with Crippen molar-refractivity contribution in [3.05, 3.63) is 40.8 Å². The van der Waals surface area contributed by atoms with E-state index >= 15 is 0 Å². The number of rotatable bonds is 2. The molecule has 3 rings (SSSR count). The van der Waals surface area contributed by atoms with Crippen LogP contribution < -0.4 is 10.3 Å². The predicted octanol–water partition coefficient (Wildman–Crippen LogP) is 2.35. The van der Waals surface area contributed by atoms with E-state index in [2.05, 4.69) is 0 Å². The van der Waals surface area contributed by atoms with Crippen molar-refractivity contribution in [3.63, 3.8) is 0 Å². The van der Waals surface area contributed by atoms with Gasteiger partial charge in [-0.25, -0.2) is 0 Å². The Morgan fingerprint density at radius 3 is 2.81 bits per heavy atom. The molecule has 2 aromatic rings. The third-order valence-corrected chi connectivity index (χ3v) is 3.08. The molecule has 3 heteroatoms. The molecule has 1 aromatic carbocycles. The first-order chi connectivity index (χ1) is 7.79. The van der Waals surface area contributed by atoms with E-state index in [-0.39, 0.29) is 5.56 Å². The molecule has 0 unspecified atom stereocenters. The van der Waals surface area contributed by atoms with E-state index in [1.165, 1.54) is 0 Å². The summed E-state index contributed by atoms with van der Waals surface area (Å²) in [7, 11) is 1.63. The van der Waals surface area contributed by atoms with Crippen molar-refractivity contribution in [2.24, 2.45) is 0 Å². The molecule has 0 N–H and O–H groups in total. The molecule has 82 valence electrons. The van der Waals surface area contributed by atoms with Gasteiger partial charge in [-0.15, -0.1) is 0 Å². The van der Waals surface area contributed by atoms with Gasteiger partial charge < -0.3 is 9.30 Å². The Balaban J connectivity index is 2.24. The van der Waals surface area contributed by atoms with Gasteiger partial charge in [-0.1, -0.05) is 0 Å². The lowest BCUT2D eigenvalue weighted by Gasteiger charge is -2.06. The maximum absolute atomic E-state index is 12.1. The molecule has 1 saturated carbocycles. The molecule has 0 spiro atoms. The van der Waals surface area contributed by atoms with Crippen LogP contribution in [0.5, 0.6) is 5.75 Å². The summed E-state index contributed by atoms with van der Waals surface area (Å²) >= 11 is 0. The Kier molecular flexibility index (Phi) is 1.99. The number of hydrogen-bond acceptors (Lipinski definition) is 2. The maximum Gasteiger partial charge on any atom is 0.258 e. The molecule has 0 bridgehead atoms. The molecular weight excluding hydrogens is 202 g/mol. The maximum atomic E-state index is 12.1. The lowest BCUT2D eigenvalue weighted by Crippen LogP contribution is -2.18. The number of fused-ring (bicyclic) bond motifs is 1. The fourth-order valence-corrected chi connectivity index (χ4v) is 2.01. The molecule has 0 radical (unpaired) electrons. The molecular formula is C13H13NO2. The van der Waals surface area contributed by atoms with Crippen LogP contribution >= 0.6 is 0 Å². The SMILES string of the molecule is COc1ccc2c(=O)n(C3CC3)ccc2c1. The first kappa shape index (κ1) is 9.46. The van der Waals surface area contributed by atoms with Crippen LogP contribution in [0.15, 0.2) is 35.3 Å². The minimum absolute atomic E-state index is 0.114. The molecule has 1 heterocycles. The number of benzene rings is 1. The van der Waals surface area contributed by atoms with Gasteiger partial charge in [-0.05, 0) is 42.5 Å². The summed E-state index contributed by atoms with van der Waals surface area (Å²) < 4.78 is 6.99. The molecule has 0 saturated heterocycles. The first-order valence-corrected chi connectivity index (χ1v) is 5.48. The lowest BCUT2D eigenvalue weighted by atomic mass is 10.1. The zero-order valence-electron chi connectivity index (χ0n) is 9.14. The normalized spacial score (nSPS) is 15.3. The van der Waals surface area contributed by atoms with Crippen LogP contribution in [0.4, 0.5) is 0 Å². The minimum Gasteiger partial charge on any atom is -0.497 e. The Bertz CT molecular complexity index is 596. The van der Waals surface area contributed by atoms with E-state index in [0.717, 1.165) is 29.4 Å². The van der Waals surface area contributed by atoms with E-state index in [0.29, 0.717) is 6.04 Å². The predicted molar refractivity (Wildman–Crippen MR) is 63.0 cm³/mol. The number of hydrogen-bond donors (Lipinski definition) is 0. The quantitative estimate of drug-likeness (QED) is 0.770. The monoisotopic (exact) mass is 215 g/mol. The molecule has 3 nitrogen and oxygen atoms in total. The van der Waals surface area contributed by atoms with Gasteiger partial charge in [-0.3, -0.25) is 4.79 Å². The van der Waals surface area contributed by atoms with E-state index in [4.69, 9.17) is 4.74 Å². The number of nitrogens with zero attached hydrogens (tertiary/aromatic N) is 1. The highest BCUT2D eigenvalue weighted by Gasteiger charge is 2.24. The van der Waals surface area contributed by atoms with Crippen LogP contribution in [0.2, 0.25) is 0 Å². The van der Waals surface area contributed by atoms with Crippen molar-refractivity contribution in [3.8, 4) is 5.75 Å². The summed E-state index contributed by atoms with van der Waals surface area (Å²) in [5.41, 5.74) is 0.114. The molecule has 1 aromatic heterocycles. The van der Waals surface area contributed by atoms with Crippen molar-refractivity contribution in [1.82, 2.24) is 4.57 Å². The summed E-state index contributed by atoms with van der Waals surface area (Å²) in [6.45, 7) is 0. The Morgan fingerprint density at radius 1 is 1.31 bits per heavy atom. The molecule has 1 fully saturated rings. The van der Waals surface area contributed by atoms with Crippen LogP contribution in [0.3, 0.4) is 0 Å². The second-order valence-electron chi connectivity index (χ2n) is 4.21. The average Bonchev–Trinajstić information content (AvgIpc) is 3.13. The Labute approximate surface area is 93.3 Å². The summed E-state index contributed by atoms with van der Waals surface area (Å²) in [5, 5.41) is 1.72. The fourth-order valence-electron chi connectivity index (χ4n) is 2.01. The summed E-state index contributed by atoms with van der Waals surface area (Å²) in [4.78, 5) is 12.1. The van der Waals surface area contributed by atoms with Gasteiger partial charge in [-0.2, -0.15) is 0 Å². The number of ether oxygens (including phenoxy) is 1. The van der Waals surface area contributed by atoms with Crippen LogP contribution in [-0.2, 0) is 0 Å². The average molecular weight is 215 g/mol. The van der Waals surface area contributed by atoms with Crippen LogP contribution in [0.1, 0.15) is 18.9 Å². The Hall–Kier alpha value is -1.77. The van der Waals surface area contributed by atoms with Gasteiger partial charge in [0.1, 0.15) is 5.75 Å². The molecule has 1 aliphatic carbocycles. The van der Waals surface area contributed by atoms with Crippen LogP contribution in [-0.4, -0.2) is 11.7 Å². The topological polar surface area (TPSA) is 31.2 Å². The molecule has 0 amide bonds. The van der Waals surface area contributed by atoms with E-state index in [1.54, 1.807) is 7.11 Å². The fraction of sp³-hybridized carbons (Fsp3) is 0.308. The van der Waals surface area contributed by atoms with Crippen LogP contribution in [0.25, 0.3) is 10.8 Å². The Morgan fingerprint density at radius 2 is 2.12 bits per heavy atom. The van der Waals surface area contributed by atoms with Crippen molar-refractivity contribution in [2.45, 2.75) is 18.9 Å². The summed E-state index contributed by atoms with van der Waals surface area (Å²) in [6, 6.07) is 7.99. The standard InChI is InChI=1S/C13H13NO2/c1-16-11-4-5-12-9(8-11)6-7-14(13(12)15)10-2-3-10/h4-8,10H,2-3H2,1H3. The molecule has 16 heavy (non-hydrogen) atoms. The van der Waals surface area contributed by atoms with Gasteiger partial charge >= 0.3 is 0 Å². The lowest BCUT2D eigenvalue weighted by molar-refractivity contribution is 0.415. The highest BCUT2D eigenvalue weighted by molar-refractivity contribution is 5.82. The van der Waals surface area contributed by atoms with Crippen molar-refractivity contribution >= 4 is 10.8 Å². The van der Waals surface area contributed by atoms with Gasteiger partial charge in [0.05, 0.1) is 7.11 Å². The minimum atomic E-state index is 0.114. The van der Waals surface area contributed by atoms with Gasteiger partial charge in [0.2, 0.25) is 0 Å². The zero-order valence-corrected chi connectivity index (χ0v) is 9.14. The highest BCUT2D eigenvalue weighted by atomic mass is 16.5. The molecule has 0 aliphatic heterocycles. The molecule has 1 aliphatic rings. The van der Waals surface area contributed by atoms with E-state index in [1.807, 2.05) is 35.0 Å². The van der Waals surface area contributed by atoms with Crippen molar-refractivity contribution in [1.29, 1.82) is 0 Å². The number of methoxy groups -OCH3 is 1. The second kappa shape index (κ2) is 3.37. The van der Waals surface area contributed by atoms with E-state index < -0.39 is 0 Å². The number of aromatic nitrogens is 1. The largest absolute Gasteiger partial charge is 0.497 e. The third kappa shape index (κ3) is 1.40. The molecule has 0 atom stereocenters. The zero-order chi connectivity index (χ0) is 11.1. The van der Waals surface area contributed by atoms with E-state index in [9.17, 15) is 4.79 Å². The van der Waals surface area contributed by atoms with Crippen molar-refractivity contribution in [2.75, 3.05) is 7.11 Å². The van der Waals surface area contributed by atoms with Gasteiger partial charge in [0.25, 0.3) is 5.56 Å². The second-order valence-corrected chi connectivity index (χ2v) is 4.21. The third-order valence-electron chi connectivity index (χ3n) is 3.08. The first-order valence-electron chi connectivity index (χ1n) is 5.48. The highest BCUT2D eigenvalue weighted by Crippen LogP contribution is 2.33. The smallest absolute Gasteiger partial charge is 0.258 e. The number of pyridine rings is 1.